The number of anilines is 1. The molecule has 16 heavy (non-hydrogen) atoms. The van der Waals surface area contributed by atoms with Gasteiger partial charge < -0.3 is 15.4 Å². The van der Waals surface area contributed by atoms with Crippen LogP contribution < -0.4 is 10.6 Å². The third kappa shape index (κ3) is 2.48. The SMILES string of the molecule is CC1CN(c2cc(C(N)=S)ccn2)CCO1. The van der Waals surface area contributed by atoms with Crippen LogP contribution in [0.25, 0.3) is 0 Å². The van der Waals surface area contributed by atoms with Crippen molar-refractivity contribution in [2.24, 2.45) is 5.73 Å². The van der Waals surface area contributed by atoms with E-state index in [4.69, 9.17) is 22.7 Å². The molecule has 1 aliphatic heterocycles. The lowest BCUT2D eigenvalue weighted by Gasteiger charge is -2.32. The molecule has 86 valence electrons. The van der Waals surface area contributed by atoms with Gasteiger partial charge in [0, 0.05) is 24.8 Å². The zero-order chi connectivity index (χ0) is 11.5. The van der Waals surface area contributed by atoms with Crippen LogP contribution in [-0.4, -0.2) is 35.8 Å². The van der Waals surface area contributed by atoms with Crippen LogP contribution in [0.2, 0.25) is 0 Å². The van der Waals surface area contributed by atoms with Gasteiger partial charge >= 0.3 is 0 Å². The molecular weight excluding hydrogens is 222 g/mol. The van der Waals surface area contributed by atoms with E-state index in [1.165, 1.54) is 0 Å². The number of pyridine rings is 1. The Bertz CT molecular complexity index is 397. The molecule has 2 rings (SSSR count). The highest BCUT2D eigenvalue weighted by Crippen LogP contribution is 2.16. The number of rotatable bonds is 2. The van der Waals surface area contributed by atoms with Crippen molar-refractivity contribution in [1.29, 1.82) is 0 Å². The summed E-state index contributed by atoms with van der Waals surface area (Å²) in [6.07, 6.45) is 1.98. The van der Waals surface area contributed by atoms with Crippen LogP contribution in [0.3, 0.4) is 0 Å². The quantitative estimate of drug-likeness (QED) is 0.776. The normalized spacial score (nSPS) is 20.8. The lowest BCUT2D eigenvalue weighted by atomic mass is 10.2. The monoisotopic (exact) mass is 237 g/mol. The predicted molar refractivity (Wildman–Crippen MR) is 67.8 cm³/mol. The Morgan fingerprint density at radius 1 is 1.69 bits per heavy atom. The fraction of sp³-hybridized carbons (Fsp3) is 0.455. The number of hydrogen-bond donors (Lipinski definition) is 1. The Morgan fingerprint density at radius 3 is 3.19 bits per heavy atom. The summed E-state index contributed by atoms with van der Waals surface area (Å²) in [6, 6.07) is 3.76. The second-order valence-electron chi connectivity index (χ2n) is 3.89. The fourth-order valence-electron chi connectivity index (χ4n) is 1.77. The van der Waals surface area contributed by atoms with Crippen LogP contribution in [0.1, 0.15) is 12.5 Å². The molecule has 2 heterocycles. The molecule has 1 fully saturated rings. The van der Waals surface area contributed by atoms with Crippen LogP contribution in [0, 0.1) is 0 Å². The Morgan fingerprint density at radius 2 is 2.50 bits per heavy atom. The van der Waals surface area contributed by atoms with E-state index in [1.54, 1.807) is 6.20 Å². The van der Waals surface area contributed by atoms with Crippen LogP contribution >= 0.6 is 12.2 Å². The van der Waals surface area contributed by atoms with Gasteiger partial charge in [-0.3, -0.25) is 0 Å². The van der Waals surface area contributed by atoms with E-state index in [2.05, 4.69) is 16.8 Å². The Kier molecular flexibility index (Phi) is 3.36. The molecular formula is C11H15N3OS. The van der Waals surface area contributed by atoms with Crippen molar-refractivity contribution in [3.8, 4) is 0 Å². The first kappa shape index (κ1) is 11.3. The first-order chi connectivity index (χ1) is 7.66. The maximum absolute atomic E-state index is 5.60. The maximum Gasteiger partial charge on any atom is 0.129 e. The fourth-order valence-corrected chi connectivity index (χ4v) is 1.90. The average molecular weight is 237 g/mol. The summed E-state index contributed by atoms with van der Waals surface area (Å²) >= 11 is 4.95. The highest BCUT2D eigenvalue weighted by Gasteiger charge is 2.18. The van der Waals surface area contributed by atoms with Gasteiger partial charge in [-0.25, -0.2) is 4.98 Å². The van der Waals surface area contributed by atoms with Crippen molar-refractivity contribution >= 4 is 23.0 Å². The van der Waals surface area contributed by atoms with E-state index in [-0.39, 0.29) is 6.10 Å². The molecule has 1 aromatic rings. The molecule has 0 bridgehead atoms. The van der Waals surface area contributed by atoms with Crippen molar-refractivity contribution in [2.75, 3.05) is 24.6 Å². The topological polar surface area (TPSA) is 51.4 Å². The minimum atomic E-state index is 0.240. The number of nitrogens with zero attached hydrogens (tertiary/aromatic N) is 2. The second kappa shape index (κ2) is 4.76. The van der Waals surface area contributed by atoms with E-state index in [0.717, 1.165) is 31.1 Å². The first-order valence-electron chi connectivity index (χ1n) is 5.29. The average Bonchev–Trinajstić information content (AvgIpc) is 2.29. The molecule has 0 spiro atoms. The van der Waals surface area contributed by atoms with Crippen molar-refractivity contribution in [3.05, 3.63) is 23.9 Å². The molecule has 1 aliphatic rings. The van der Waals surface area contributed by atoms with Gasteiger partial charge in [-0.05, 0) is 19.1 Å². The van der Waals surface area contributed by atoms with E-state index in [0.29, 0.717) is 4.99 Å². The molecule has 0 aromatic carbocycles. The van der Waals surface area contributed by atoms with E-state index in [9.17, 15) is 0 Å². The number of thiocarbonyl (C=S) groups is 1. The minimum Gasteiger partial charge on any atom is -0.389 e. The van der Waals surface area contributed by atoms with Gasteiger partial charge in [-0.2, -0.15) is 0 Å². The molecule has 1 saturated heterocycles. The van der Waals surface area contributed by atoms with Gasteiger partial charge in [0.25, 0.3) is 0 Å². The third-order valence-electron chi connectivity index (χ3n) is 2.60. The smallest absolute Gasteiger partial charge is 0.129 e. The zero-order valence-corrected chi connectivity index (χ0v) is 10.0. The van der Waals surface area contributed by atoms with E-state index >= 15 is 0 Å². The Hall–Kier alpha value is -1.20. The van der Waals surface area contributed by atoms with Crippen molar-refractivity contribution in [2.45, 2.75) is 13.0 Å². The maximum atomic E-state index is 5.60. The standard InChI is InChI=1S/C11H15N3OS/c1-8-7-14(4-5-15-8)10-6-9(11(12)16)2-3-13-10/h2-3,6,8H,4-5,7H2,1H3,(H2,12,16). The molecule has 1 aromatic heterocycles. The lowest BCUT2D eigenvalue weighted by molar-refractivity contribution is 0.0529. The summed E-state index contributed by atoms with van der Waals surface area (Å²) < 4.78 is 5.49. The number of nitrogens with two attached hydrogens (primary N) is 1. The van der Waals surface area contributed by atoms with E-state index < -0.39 is 0 Å². The summed E-state index contributed by atoms with van der Waals surface area (Å²) in [5.74, 6) is 0.917. The van der Waals surface area contributed by atoms with Crippen molar-refractivity contribution < 1.29 is 4.74 Å². The zero-order valence-electron chi connectivity index (χ0n) is 9.22. The predicted octanol–water partition coefficient (Wildman–Crippen LogP) is 0.941. The third-order valence-corrected chi connectivity index (χ3v) is 2.83. The van der Waals surface area contributed by atoms with Crippen molar-refractivity contribution in [1.82, 2.24) is 4.98 Å². The second-order valence-corrected chi connectivity index (χ2v) is 4.33. The van der Waals surface area contributed by atoms with Gasteiger partial charge in [0.1, 0.15) is 10.8 Å². The molecule has 2 N–H and O–H groups in total. The van der Waals surface area contributed by atoms with Crippen LogP contribution in [0.5, 0.6) is 0 Å². The first-order valence-corrected chi connectivity index (χ1v) is 5.70. The van der Waals surface area contributed by atoms with Crippen LogP contribution in [0.4, 0.5) is 5.82 Å². The summed E-state index contributed by atoms with van der Waals surface area (Å²) in [6.45, 7) is 4.51. The summed E-state index contributed by atoms with van der Waals surface area (Å²) in [4.78, 5) is 6.93. The highest BCUT2D eigenvalue weighted by molar-refractivity contribution is 7.80. The number of morpholine rings is 1. The molecule has 1 unspecified atom stereocenters. The van der Waals surface area contributed by atoms with Gasteiger partial charge in [0.15, 0.2) is 0 Å². The summed E-state index contributed by atoms with van der Waals surface area (Å²) in [5.41, 5.74) is 6.46. The van der Waals surface area contributed by atoms with Gasteiger partial charge in [-0.1, -0.05) is 12.2 Å². The summed E-state index contributed by atoms with van der Waals surface area (Å²) in [5, 5.41) is 0. The molecule has 4 nitrogen and oxygen atoms in total. The molecule has 0 amide bonds. The van der Waals surface area contributed by atoms with Gasteiger partial charge in [0.2, 0.25) is 0 Å². The Balaban J connectivity index is 2.19. The van der Waals surface area contributed by atoms with Crippen LogP contribution in [-0.2, 0) is 4.74 Å². The van der Waals surface area contributed by atoms with Crippen LogP contribution in [0.15, 0.2) is 18.3 Å². The molecule has 0 aliphatic carbocycles. The molecule has 0 saturated carbocycles. The number of aromatic nitrogens is 1. The molecule has 1 atom stereocenters. The van der Waals surface area contributed by atoms with E-state index in [1.807, 2.05) is 12.1 Å². The highest BCUT2D eigenvalue weighted by atomic mass is 32.1. The lowest BCUT2D eigenvalue weighted by Crippen LogP contribution is -2.41. The number of hydrogen-bond acceptors (Lipinski definition) is 4. The largest absolute Gasteiger partial charge is 0.389 e. The Labute approximate surface area is 100 Å². The van der Waals surface area contributed by atoms with Gasteiger partial charge in [0.05, 0.1) is 12.7 Å². The van der Waals surface area contributed by atoms with Crippen molar-refractivity contribution in [3.63, 3.8) is 0 Å². The molecule has 0 radical (unpaired) electrons. The summed E-state index contributed by atoms with van der Waals surface area (Å²) in [7, 11) is 0. The molecule has 5 heteroatoms. The minimum absolute atomic E-state index is 0.240. The number of ether oxygens (including phenoxy) is 1. The van der Waals surface area contributed by atoms with Gasteiger partial charge in [-0.15, -0.1) is 0 Å².